The molecule has 0 radical (unpaired) electrons. The maximum atomic E-state index is 5.55. The van der Waals surface area contributed by atoms with Crippen molar-refractivity contribution in [1.82, 2.24) is 9.97 Å². The molecule has 0 atom stereocenters. The summed E-state index contributed by atoms with van der Waals surface area (Å²) in [5.74, 6) is 5.77. The predicted octanol–water partition coefficient (Wildman–Crippen LogP) is 2.64. The lowest BCUT2D eigenvalue weighted by molar-refractivity contribution is 0.114. The van der Waals surface area contributed by atoms with Gasteiger partial charge in [-0.05, 0) is 6.42 Å². The number of nitrogens with zero attached hydrogens (tertiary/aromatic N) is 2. The Morgan fingerprint density at radius 1 is 1.11 bits per heavy atom. The van der Waals surface area contributed by atoms with Crippen LogP contribution in [0.5, 0.6) is 0 Å². The highest BCUT2D eigenvalue weighted by Crippen LogP contribution is 2.06. The van der Waals surface area contributed by atoms with E-state index in [1.165, 1.54) is 32.1 Å². The minimum atomic E-state index is 0.521. The first kappa shape index (κ1) is 14.9. The lowest BCUT2D eigenvalue weighted by Gasteiger charge is -2.04. The van der Waals surface area contributed by atoms with Crippen molar-refractivity contribution in [2.45, 2.75) is 52.1 Å². The molecule has 1 aromatic heterocycles. The van der Waals surface area contributed by atoms with Gasteiger partial charge in [-0.3, -0.25) is 4.98 Å². The van der Waals surface area contributed by atoms with Gasteiger partial charge in [0.15, 0.2) is 5.82 Å². The fourth-order valence-electron chi connectivity index (χ4n) is 1.67. The number of hydrazine groups is 1. The Hall–Kier alpha value is -1.20. The standard InChI is InChI=1S/C13H24N4O/c1-2-3-4-5-6-7-8-18-11-12-9-16-13(17-14)10-15-12/h9-10H,2-8,11,14H2,1H3,(H,16,17). The Morgan fingerprint density at radius 2 is 1.89 bits per heavy atom. The van der Waals surface area contributed by atoms with E-state index in [4.69, 9.17) is 10.6 Å². The van der Waals surface area contributed by atoms with Crippen molar-refractivity contribution in [2.24, 2.45) is 5.84 Å². The molecule has 18 heavy (non-hydrogen) atoms. The maximum absolute atomic E-state index is 5.55. The zero-order chi connectivity index (χ0) is 13.1. The Labute approximate surface area is 109 Å². The summed E-state index contributed by atoms with van der Waals surface area (Å²) in [6.45, 7) is 3.55. The van der Waals surface area contributed by atoms with E-state index in [1.807, 2.05) is 0 Å². The highest BCUT2D eigenvalue weighted by molar-refractivity contribution is 5.28. The van der Waals surface area contributed by atoms with Crippen molar-refractivity contribution in [2.75, 3.05) is 12.0 Å². The van der Waals surface area contributed by atoms with E-state index in [0.29, 0.717) is 12.4 Å². The molecule has 1 heterocycles. The topological polar surface area (TPSA) is 73.1 Å². The molecule has 0 saturated heterocycles. The van der Waals surface area contributed by atoms with Crippen molar-refractivity contribution in [3.63, 3.8) is 0 Å². The van der Waals surface area contributed by atoms with E-state index in [0.717, 1.165) is 18.7 Å². The number of hydrogen-bond acceptors (Lipinski definition) is 5. The van der Waals surface area contributed by atoms with Gasteiger partial charge in [0.25, 0.3) is 0 Å². The summed E-state index contributed by atoms with van der Waals surface area (Å²) < 4.78 is 5.55. The quantitative estimate of drug-likeness (QED) is 0.380. The number of ether oxygens (including phenoxy) is 1. The van der Waals surface area contributed by atoms with E-state index in [2.05, 4.69) is 22.3 Å². The van der Waals surface area contributed by atoms with Gasteiger partial charge in [0, 0.05) is 6.61 Å². The Morgan fingerprint density at radius 3 is 2.56 bits per heavy atom. The molecule has 0 aromatic carbocycles. The van der Waals surface area contributed by atoms with E-state index in [-0.39, 0.29) is 0 Å². The molecule has 1 rings (SSSR count). The lowest BCUT2D eigenvalue weighted by Crippen LogP contribution is -2.09. The van der Waals surface area contributed by atoms with Gasteiger partial charge in [-0.25, -0.2) is 10.8 Å². The highest BCUT2D eigenvalue weighted by Gasteiger charge is 1.97. The first-order valence-corrected chi connectivity index (χ1v) is 6.72. The van der Waals surface area contributed by atoms with Crippen molar-refractivity contribution in [3.8, 4) is 0 Å². The zero-order valence-corrected chi connectivity index (χ0v) is 11.2. The molecule has 0 aliphatic rings. The van der Waals surface area contributed by atoms with E-state index in [9.17, 15) is 0 Å². The molecule has 5 nitrogen and oxygen atoms in total. The third-order valence-corrected chi connectivity index (χ3v) is 2.75. The number of anilines is 1. The van der Waals surface area contributed by atoms with E-state index < -0.39 is 0 Å². The van der Waals surface area contributed by atoms with Crippen molar-refractivity contribution < 1.29 is 4.74 Å². The smallest absolute Gasteiger partial charge is 0.158 e. The second-order valence-electron chi connectivity index (χ2n) is 4.36. The van der Waals surface area contributed by atoms with Gasteiger partial charge in [-0.15, -0.1) is 0 Å². The molecular formula is C13H24N4O. The van der Waals surface area contributed by atoms with E-state index in [1.54, 1.807) is 12.4 Å². The number of rotatable bonds is 10. The number of nitrogen functional groups attached to an aromatic ring is 1. The molecule has 1 aromatic rings. The second-order valence-corrected chi connectivity index (χ2v) is 4.36. The number of nitrogens with one attached hydrogen (secondary N) is 1. The third kappa shape index (κ3) is 6.51. The predicted molar refractivity (Wildman–Crippen MR) is 72.9 cm³/mol. The van der Waals surface area contributed by atoms with Crippen LogP contribution in [0.1, 0.15) is 51.1 Å². The zero-order valence-electron chi connectivity index (χ0n) is 11.2. The largest absolute Gasteiger partial charge is 0.375 e. The molecular weight excluding hydrogens is 228 g/mol. The number of hydrogen-bond donors (Lipinski definition) is 2. The molecule has 0 aliphatic carbocycles. The van der Waals surface area contributed by atoms with Gasteiger partial charge in [0.05, 0.1) is 24.7 Å². The molecule has 0 fully saturated rings. The summed E-state index contributed by atoms with van der Waals surface area (Å²) in [5, 5.41) is 0. The summed E-state index contributed by atoms with van der Waals surface area (Å²) in [6, 6.07) is 0. The van der Waals surface area contributed by atoms with Crippen LogP contribution >= 0.6 is 0 Å². The molecule has 102 valence electrons. The first-order chi connectivity index (χ1) is 8.86. The van der Waals surface area contributed by atoms with Gasteiger partial charge in [0.1, 0.15) is 0 Å². The molecule has 0 unspecified atom stereocenters. The van der Waals surface area contributed by atoms with Gasteiger partial charge in [0.2, 0.25) is 0 Å². The lowest BCUT2D eigenvalue weighted by atomic mass is 10.1. The number of aromatic nitrogens is 2. The minimum absolute atomic E-state index is 0.521. The summed E-state index contributed by atoms with van der Waals surface area (Å²) in [6.07, 6.45) is 10.9. The van der Waals surface area contributed by atoms with Gasteiger partial charge in [-0.1, -0.05) is 39.0 Å². The molecule has 0 saturated carbocycles. The van der Waals surface area contributed by atoms with Crippen LogP contribution in [0.4, 0.5) is 5.82 Å². The summed E-state index contributed by atoms with van der Waals surface area (Å²) in [4.78, 5) is 8.25. The number of unbranched alkanes of at least 4 members (excludes halogenated alkanes) is 5. The Balaban J connectivity index is 2.00. The van der Waals surface area contributed by atoms with Crippen LogP contribution in [0.3, 0.4) is 0 Å². The monoisotopic (exact) mass is 252 g/mol. The SMILES string of the molecule is CCCCCCCCOCc1cnc(NN)cn1. The van der Waals surface area contributed by atoms with E-state index >= 15 is 0 Å². The summed E-state index contributed by atoms with van der Waals surface area (Å²) in [7, 11) is 0. The fourth-order valence-corrected chi connectivity index (χ4v) is 1.67. The van der Waals surface area contributed by atoms with Crippen LogP contribution in [-0.2, 0) is 11.3 Å². The van der Waals surface area contributed by atoms with Crippen LogP contribution in [0.2, 0.25) is 0 Å². The summed E-state index contributed by atoms with van der Waals surface area (Å²) in [5.41, 5.74) is 3.27. The molecule has 0 spiro atoms. The summed E-state index contributed by atoms with van der Waals surface area (Å²) >= 11 is 0. The van der Waals surface area contributed by atoms with Crippen LogP contribution in [0.15, 0.2) is 12.4 Å². The minimum Gasteiger partial charge on any atom is -0.375 e. The molecule has 5 heteroatoms. The average Bonchev–Trinajstić information content (AvgIpc) is 2.42. The second kappa shape index (κ2) is 9.79. The molecule has 0 amide bonds. The van der Waals surface area contributed by atoms with Gasteiger partial charge in [-0.2, -0.15) is 0 Å². The van der Waals surface area contributed by atoms with Crippen molar-refractivity contribution in [3.05, 3.63) is 18.1 Å². The fraction of sp³-hybridized carbons (Fsp3) is 0.692. The van der Waals surface area contributed by atoms with Crippen molar-refractivity contribution >= 4 is 5.82 Å². The van der Waals surface area contributed by atoms with Crippen LogP contribution in [0, 0.1) is 0 Å². The first-order valence-electron chi connectivity index (χ1n) is 6.72. The third-order valence-electron chi connectivity index (χ3n) is 2.75. The normalized spacial score (nSPS) is 10.6. The maximum Gasteiger partial charge on any atom is 0.158 e. The van der Waals surface area contributed by atoms with Gasteiger partial charge >= 0.3 is 0 Å². The van der Waals surface area contributed by atoms with Crippen LogP contribution in [0.25, 0.3) is 0 Å². The highest BCUT2D eigenvalue weighted by atomic mass is 16.5. The Bertz CT molecular complexity index is 302. The van der Waals surface area contributed by atoms with Crippen LogP contribution in [-0.4, -0.2) is 16.6 Å². The van der Waals surface area contributed by atoms with Crippen molar-refractivity contribution in [1.29, 1.82) is 0 Å². The Kier molecular flexibility index (Phi) is 8.08. The van der Waals surface area contributed by atoms with Crippen LogP contribution < -0.4 is 11.3 Å². The number of nitrogens with two attached hydrogens (primary N) is 1. The van der Waals surface area contributed by atoms with Gasteiger partial charge < -0.3 is 10.2 Å². The molecule has 0 aliphatic heterocycles. The average molecular weight is 252 g/mol. The molecule has 3 N–H and O–H groups in total. The molecule has 0 bridgehead atoms.